The average molecular weight is 324 g/mol. The molecule has 0 spiro atoms. The molecule has 0 aliphatic heterocycles. The first-order chi connectivity index (χ1) is 11.5. The Balaban J connectivity index is 2.06. The van der Waals surface area contributed by atoms with E-state index in [1.54, 1.807) is 12.1 Å². The monoisotopic (exact) mass is 324 g/mol. The van der Waals surface area contributed by atoms with Crippen LogP contribution in [0.25, 0.3) is 0 Å². The third-order valence-electron chi connectivity index (χ3n) is 3.87. The first kappa shape index (κ1) is 17.7. The zero-order valence-corrected chi connectivity index (χ0v) is 14.4. The Labute approximate surface area is 143 Å². The normalized spacial score (nSPS) is 11.8. The molecular weight excluding hydrogens is 300 g/mol. The Morgan fingerprint density at radius 3 is 2.12 bits per heavy atom. The third-order valence-corrected chi connectivity index (χ3v) is 3.87. The van der Waals surface area contributed by atoms with Crippen molar-refractivity contribution < 1.29 is 9.59 Å². The van der Waals surface area contributed by atoms with Crippen molar-refractivity contribution in [3.63, 3.8) is 0 Å². The van der Waals surface area contributed by atoms with Gasteiger partial charge in [0.2, 0.25) is 5.91 Å². The van der Waals surface area contributed by atoms with E-state index in [2.05, 4.69) is 24.5 Å². The lowest BCUT2D eigenvalue weighted by atomic mass is 9.95. The van der Waals surface area contributed by atoms with E-state index in [0.29, 0.717) is 12.1 Å². The Hall–Kier alpha value is -2.62. The topological polar surface area (TPSA) is 58.2 Å². The molecule has 24 heavy (non-hydrogen) atoms. The number of rotatable bonds is 6. The number of carbonyl (C=O) groups is 2. The lowest BCUT2D eigenvalue weighted by Crippen LogP contribution is -2.31. The number of benzene rings is 2. The van der Waals surface area contributed by atoms with Crippen LogP contribution in [-0.4, -0.2) is 11.8 Å². The lowest BCUT2D eigenvalue weighted by Gasteiger charge is -2.23. The van der Waals surface area contributed by atoms with Gasteiger partial charge in [-0.3, -0.25) is 9.59 Å². The van der Waals surface area contributed by atoms with Gasteiger partial charge >= 0.3 is 0 Å². The molecule has 0 saturated carbocycles. The summed E-state index contributed by atoms with van der Waals surface area (Å²) < 4.78 is 0. The smallest absolute Gasteiger partial charge is 0.251 e. The van der Waals surface area contributed by atoms with Crippen LogP contribution in [0.15, 0.2) is 54.6 Å². The molecular formula is C20H24N2O2. The van der Waals surface area contributed by atoms with Gasteiger partial charge in [-0.05, 0) is 29.2 Å². The van der Waals surface area contributed by atoms with E-state index < -0.39 is 0 Å². The van der Waals surface area contributed by atoms with Crippen LogP contribution in [0.2, 0.25) is 0 Å². The Bertz CT molecular complexity index is 679. The SMILES string of the molecule is CC(=O)NCc1ccc(C(=O)N[C@@H](c2ccccc2)C(C)C)cc1. The highest BCUT2D eigenvalue weighted by Crippen LogP contribution is 2.22. The molecule has 0 heterocycles. The fraction of sp³-hybridized carbons (Fsp3) is 0.300. The molecule has 126 valence electrons. The summed E-state index contributed by atoms with van der Waals surface area (Å²) in [5, 5.41) is 5.85. The van der Waals surface area contributed by atoms with Crippen molar-refractivity contribution in [2.45, 2.75) is 33.4 Å². The van der Waals surface area contributed by atoms with Crippen molar-refractivity contribution in [1.82, 2.24) is 10.6 Å². The van der Waals surface area contributed by atoms with Gasteiger partial charge < -0.3 is 10.6 Å². The van der Waals surface area contributed by atoms with Gasteiger partial charge in [-0.2, -0.15) is 0 Å². The maximum absolute atomic E-state index is 12.5. The number of hydrogen-bond donors (Lipinski definition) is 2. The molecule has 0 fully saturated rings. The molecule has 4 nitrogen and oxygen atoms in total. The molecule has 2 amide bonds. The Morgan fingerprint density at radius 1 is 0.958 bits per heavy atom. The van der Waals surface area contributed by atoms with Crippen LogP contribution in [0.3, 0.4) is 0 Å². The van der Waals surface area contributed by atoms with Crippen molar-refractivity contribution in [3.05, 3.63) is 71.3 Å². The van der Waals surface area contributed by atoms with Gasteiger partial charge in [-0.1, -0.05) is 56.3 Å². The fourth-order valence-electron chi connectivity index (χ4n) is 2.52. The second-order valence-electron chi connectivity index (χ2n) is 6.21. The quantitative estimate of drug-likeness (QED) is 0.855. The number of carbonyl (C=O) groups excluding carboxylic acids is 2. The molecule has 2 aromatic carbocycles. The summed E-state index contributed by atoms with van der Waals surface area (Å²) in [5.41, 5.74) is 2.68. The van der Waals surface area contributed by atoms with Crippen LogP contribution < -0.4 is 10.6 Å². The molecule has 0 saturated heterocycles. The number of amides is 2. The number of nitrogens with one attached hydrogen (secondary N) is 2. The van der Waals surface area contributed by atoms with Crippen molar-refractivity contribution in [3.8, 4) is 0 Å². The van der Waals surface area contributed by atoms with Crippen LogP contribution >= 0.6 is 0 Å². The van der Waals surface area contributed by atoms with E-state index >= 15 is 0 Å². The van der Waals surface area contributed by atoms with Gasteiger partial charge in [0.1, 0.15) is 0 Å². The third kappa shape index (κ3) is 4.95. The number of hydrogen-bond acceptors (Lipinski definition) is 2. The van der Waals surface area contributed by atoms with Crippen LogP contribution in [0, 0.1) is 5.92 Å². The summed E-state index contributed by atoms with van der Waals surface area (Å²) in [6, 6.07) is 17.2. The minimum Gasteiger partial charge on any atom is -0.352 e. The Morgan fingerprint density at radius 2 is 1.58 bits per heavy atom. The first-order valence-electron chi connectivity index (χ1n) is 8.16. The van der Waals surface area contributed by atoms with Crippen LogP contribution in [-0.2, 0) is 11.3 Å². The highest BCUT2D eigenvalue weighted by molar-refractivity contribution is 5.94. The van der Waals surface area contributed by atoms with E-state index in [4.69, 9.17) is 0 Å². The largest absolute Gasteiger partial charge is 0.352 e. The summed E-state index contributed by atoms with van der Waals surface area (Å²) >= 11 is 0. The zero-order valence-electron chi connectivity index (χ0n) is 14.4. The van der Waals surface area contributed by atoms with Crippen LogP contribution in [0.1, 0.15) is 48.3 Å². The minimum absolute atomic E-state index is 0.0299. The predicted molar refractivity (Wildman–Crippen MR) is 95.4 cm³/mol. The summed E-state index contributed by atoms with van der Waals surface area (Å²) in [6.07, 6.45) is 0. The van der Waals surface area contributed by atoms with Crippen molar-refractivity contribution >= 4 is 11.8 Å². The lowest BCUT2D eigenvalue weighted by molar-refractivity contribution is -0.119. The van der Waals surface area contributed by atoms with Gasteiger partial charge in [0.15, 0.2) is 0 Å². The summed E-state index contributed by atoms with van der Waals surface area (Å²) in [7, 11) is 0. The molecule has 0 bridgehead atoms. The predicted octanol–water partition coefficient (Wildman–Crippen LogP) is 3.45. The zero-order chi connectivity index (χ0) is 17.5. The molecule has 1 atom stereocenters. The fourth-order valence-corrected chi connectivity index (χ4v) is 2.52. The minimum atomic E-state index is -0.0939. The molecule has 0 aliphatic rings. The molecule has 0 unspecified atom stereocenters. The van der Waals surface area contributed by atoms with Crippen LogP contribution in [0.4, 0.5) is 0 Å². The molecule has 2 N–H and O–H groups in total. The maximum atomic E-state index is 12.5. The molecule has 0 radical (unpaired) electrons. The Kier molecular flexibility index (Phi) is 6.13. The van der Waals surface area contributed by atoms with Gasteiger partial charge in [-0.15, -0.1) is 0 Å². The average Bonchev–Trinajstić information content (AvgIpc) is 2.58. The van der Waals surface area contributed by atoms with Crippen molar-refractivity contribution in [2.24, 2.45) is 5.92 Å². The second kappa shape index (κ2) is 8.29. The van der Waals surface area contributed by atoms with Gasteiger partial charge in [-0.25, -0.2) is 0 Å². The van der Waals surface area contributed by atoms with Crippen molar-refractivity contribution in [1.29, 1.82) is 0 Å². The van der Waals surface area contributed by atoms with Gasteiger partial charge in [0.25, 0.3) is 5.91 Å². The van der Waals surface area contributed by atoms with Crippen molar-refractivity contribution in [2.75, 3.05) is 0 Å². The van der Waals surface area contributed by atoms with E-state index in [0.717, 1.165) is 11.1 Å². The highest BCUT2D eigenvalue weighted by atomic mass is 16.2. The van der Waals surface area contributed by atoms with E-state index in [-0.39, 0.29) is 23.8 Å². The van der Waals surface area contributed by atoms with E-state index in [1.165, 1.54) is 6.92 Å². The first-order valence-corrected chi connectivity index (χ1v) is 8.16. The highest BCUT2D eigenvalue weighted by Gasteiger charge is 2.18. The molecule has 4 heteroatoms. The summed E-state index contributed by atoms with van der Waals surface area (Å²) in [4.78, 5) is 23.5. The maximum Gasteiger partial charge on any atom is 0.251 e. The molecule has 2 rings (SSSR count). The second-order valence-corrected chi connectivity index (χ2v) is 6.21. The molecule has 0 aromatic heterocycles. The van der Waals surface area contributed by atoms with E-state index in [1.807, 2.05) is 42.5 Å². The summed E-state index contributed by atoms with van der Waals surface area (Å²) in [6.45, 7) is 6.14. The van der Waals surface area contributed by atoms with Gasteiger partial charge in [0, 0.05) is 19.0 Å². The van der Waals surface area contributed by atoms with E-state index in [9.17, 15) is 9.59 Å². The van der Waals surface area contributed by atoms with Crippen LogP contribution in [0.5, 0.6) is 0 Å². The summed E-state index contributed by atoms with van der Waals surface area (Å²) in [5.74, 6) is 0.124. The van der Waals surface area contributed by atoms with Gasteiger partial charge in [0.05, 0.1) is 6.04 Å². The molecule has 0 aliphatic carbocycles. The molecule has 2 aromatic rings. The standard InChI is InChI=1S/C20H24N2O2/c1-14(2)19(17-7-5-4-6-8-17)22-20(24)18-11-9-16(10-12-18)13-21-15(3)23/h4-12,14,19H,13H2,1-3H3,(H,21,23)(H,22,24)/t19-/m1/s1.